The van der Waals surface area contributed by atoms with Crippen molar-refractivity contribution in [1.29, 1.82) is 0 Å². The Kier molecular flexibility index (Phi) is 5.86. The van der Waals surface area contributed by atoms with E-state index in [2.05, 4.69) is 0 Å². The Morgan fingerprint density at radius 3 is 2.55 bits per heavy atom. The van der Waals surface area contributed by atoms with E-state index in [-0.39, 0.29) is 11.9 Å². The lowest BCUT2D eigenvalue weighted by Gasteiger charge is -2.24. The molecule has 0 amide bonds. The molecule has 1 aromatic carbocycles. The van der Waals surface area contributed by atoms with Gasteiger partial charge in [-0.2, -0.15) is 5.06 Å². The molecule has 0 saturated heterocycles. The molecule has 5 heteroatoms. The Hall–Kier alpha value is -1.07. The van der Waals surface area contributed by atoms with Gasteiger partial charge in [0, 0.05) is 11.9 Å². The molecule has 3 nitrogen and oxygen atoms in total. The fourth-order valence-electron chi connectivity index (χ4n) is 2.24. The highest BCUT2D eigenvalue weighted by Crippen LogP contribution is 2.26. The first-order valence-corrected chi connectivity index (χ1v) is 8.11. The van der Waals surface area contributed by atoms with E-state index in [1.807, 2.05) is 30.3 Å². The molecule has 0 unspecified atom stereocenters. The van der Waals surface area contributed by atoms with Crippen molar-refractivity contribution in [3.8, 4) is 0 Å². The summed E-state index contributed by atoms with van der Waals surface area (Å²) in [5.74, 6) is -0.112. The van der Waals surface area contributed by atoms with Crippen molar-refractivity contribution < 1.29 is 9.63 Å². The van der Waals surface area contributed by atoms with Gasteiger partial charge in [-0.1, -0.05) is 49.2 Å². The highest BCUT2D eigenvalue weighted by Gasteiger charge is 2.24. The van der Waals surface area contributed by atoms with Crippen molar-refractivity contribution in [2.45, 2.75) is 37.0 Å². The second-order valence-electron chi connectivity index (χ2n) is 4.92. The molecule has 1 fully saturated rings. The zero-order chi connectivity index (χ0) is 14.4. The summed E-state index contributed by atoms with van der Waals surface area (Å²) in [5.41, 5.74) is 0. The van der Waals surface area contributed by atoms with Crippen LogP contribution in [-0.2, 0) is 9.63 Å². The summed E-state index contributed by atoms with van der Waals surface area (Å²) >= 11 is 6.71. The Morgan fingerprint density at radius 1 is 1.25 bits per heavy atom. The smallest absolute Gasteiger partial charge is 0.335 e. The van der Waals surface area contributed by atoms with Gasteiger partial charge in [-0.25, -0.2) is 4.79 Å². The Labute approximate surface area is 129 Å². The maximum Gasteiger partial charge on any atom is 0.335 e. The number of carbonyl (C=O) groups is 1. The molecule has 0 atom stereocenters. The van der Waals surface area contributed by atoms with Gasteiger partial charge in [0.05, 0.1) is 5.92 Å². The minimum absolute atomic E-state index is 0.0377. The van der Waals surface area contributed by atoms with Crippen LogP contribution < -0.4 is 0 Å². The van der Waals surface area contributed by atoms with Crippen LogP contribution in [0.1, 0.15) is 32.1 Å². The SMILES string of the molecule is CN(OC(=O)C1CCCCC1)C(=S)Sc1ccccc1. The number of hydrogen-bond acceptors (Lipinski definition) is 4. The molecule has 0 radical (unpaired) electrons. The standard InChI is InChI=1S/C15H19NO2S2/c1-16(15(19)20-13-10-6-3-7-11-13)18-14(17)12-8-4-2-5-9-12/h3,6-7,10-12H,2,4-5,8-9H2,1H3. The van der Waals surface area contributed by atoms with E-state index in [1.165, 1.54) is 23.2 Å². The predicted octanol–water partition coefficient (Wildman–Crippen LogP) is 4.03. The summed E-state index contributed by atoms with van der Waals surface area (Å²) < 4.78 is 0.542. The third kappa shape index (κ3) is 4.49. The first-order chi connectivity index (χ1) is 9.66. The third-order valence-electron chi connectivity index (χ3n) is 3.37. The summed E-state index contributed by atoms with van der Waals surface area (Å²) in [5, 5.41) is 1.41. The van der Waals surface area contributed by atoms with Crippen molar-refractivity contribution >= 4 is 34.3 Å². The minimum Gasteiger partial charge on any atom is -0.339 e. The highest BCUT2D eigenvalue weighted by molar-refractivity contribution is 8.22. The molecular formula is C15H19NO2S2. The minimum atomic E-state index is -0.150. The molecule has 0 spiro atoms. The number of hydroxylamine groups is 2. The van der Waals surface area contributed by atoms with Crippen molar-refractivity contribution in [3.63, 3.8) is 0 Å². The van der Waals surface area contributed by atoms with E-state index in [0.717, 1.165) is 30.6 Å². The molecule has 1 aliphatic carbocycles. The van der Waals surface area contributed by atoms with Gasteiger partial charge >= 0.3 is 5.97 Å². The maximum absolute atomic E-state index is 12.0. The lowest BCUT2D eigenvalue weighted by Crippen LogP contribution is -2.31. The van der Waals surface area contributed by atoms with Crippen molar-refractivity contribution in [2.24, 2.45) is 5.92 Å². The summed E-state index contributed by atoms with van der Waals surface area (Å²) in [7, 11) is 1.69. The van der Waals surface area contributed by atoms with E-state index in [0.29, 0.717) is 4.32 Å². The zero-order valence-electron chi connectivity index (χ0n) is 11.6. The van der Waals surface area contributed by atoms with Crippen LogP contribution in [0.2, 0.25) is 0 Å². The first-order valence-electron chi connectivity index (χ1n) is 6.89. The lowest BCUT2D eigenvalue weighted by atomic mass is 9.89. The monoisotopic (exact) mass is 309 g/mol. The normalized spacial score (nSPS) is 15.7. The average molecular weight is 309 g/mol. The zero-order valence-corrected chi connectivity index (χ0v) is 13.2. The predicted molar refractivity (Wildman–Crippen MR) is 85.3 cm³/mol. The number of benzene rings is 1. The molecule has 1 aliphatic rings. The van der Waals surface area contributed by atoms with Crippen LogP contribution in [0.3, 0.4) is 0 Å². The summed E-state index contributed by atoms with van der Waals surface area (Å²) in [6.07, 6.45) is 5.33. The lowest BCUT2D eigenvalue weighted by molar-refractivity contribution is -0.174. The fourth-order valence-corrected chi connectivity index (χ4v) is 3.23. The van der Waals surface area contributed by atoms with E-state index < -0.39 is 0 Å². The molecular weight excluding hydrogens is 290 g/mol. The van der Waals surface area contributed by atoms with Crippen molar-refractivity contribution in [1.82, 2.24) is 5.06 Å². The van der Waals surface area contributed by atoms with Gasteiger partial charge in [0.15, 0.2) is 4.32 Å². The van der Waals surface area contributed by atoms with Gasteiger partial charge in [0.2, 0.25) is 0 Å². The molecule has 1 saturated carbocycles. The average Bonchev–Trinajstić information content (AvgIpc) is 2.49. The number of carbonyl (C=O) groups excluding carboxylic acids is 1. The molecule has 0 aliphatic heterocycles. The van der Waals surface area contributed by atoms with Gasteiger partial charge in [-0.05, 0) is 37.2 Å². The molecule has 1 aromatic rings. The Bertz CT molecular complexity index is 458. The van der Waals surface area contributed by atoms with Crippen LogP contribution in [0.25, 0.3) is 0 Å². The maximum atomic E-state index is 12.0. The van der Waals surface area contributed by atoms with E-state index >= 15 is 0 Å². The summed E-state index contributed by atoms with van der Waals surface area (Å²) in [6.45, 7) is 0. The van der Waals surface area contributed by atoms with Gasteiger partial charge in [-0.15, -0.1) is 0 Å². The van der Waals surface area contributed by atoms with Crippen LogP contribution >= 0.6 is 24.0 Å². The molecule has 0 bridgehead atoms. The second-order valence-corrected chi connectivity index (χ2v) is 6.63. The first kappa shape index (κ1) is 15.3. The molecule has 0 heterocycles. The number of thiocarbonyl (C=S) groups is 1. The molecule has 20 heavy (non-hydrogen) atoms. The molecule has 2 rings (SSSR count). The number of nitrogens with zero attached hydrogens (tertiary/aromatic N) is 1. The summed E-state index contributed by atoms with van der Waals surface area (Å²) in [4.78, 5) is 18.4. The van der Waals surface area contributed by atoms with E-state index in [9.17, 15) is 4.79 Å². The van der Waals surface area contributed by atoms with Crippen LogP contribution in [0.15, 0.2) is 35.2 Å². The van der Waals surface area contributed by atoms with Crippen molar-refractivity contribution in [3.05, 3.63) is 30.3 Å². The van der Waals surface area contributed by atoms with Gasteiger partial charge in [-0.3, -0.25) is 0 Å². The van der Waals surface area contributed by atoms with Gasteiger partial charge in [0.25, 0.3) is 0 Å². The quantitative estimate of drug-likeness (QED) is 0.467. The second kappa shape index (κ2) is 7.64. The fraction of sp³-hybridized carbons (Fsp3) is 0.467. The van der Waals surface area contributed by atoms with Crippen LogP contribution in [0.5, 0.6) is 0 Å². The van der Waals surface area contributed by atoms with E-state index in [4.69, 9.17) is 17.1 Å². The highest BCUT2D eigenvalue weighted by atomic mass is 32.2. The third-order valence-corrected chi connectivity index (χ3v) is 4.82. The summed E-state index contributed by atoms with van der Waals surface area (Å²) in [6, 6.07) is 9.83. The Morgan fingerprint density at radius 2 is 1.90 bits per heavy atom. The van der Waals surface area contributed by atoms with Crippen LogP contribution in [0, 0.1) is 5.92 Å². The number of rotatable bonds is 2. The molecule has 0 aromatic heterocycles. The number of thioether (sulfide) groups is 1. The largest absolute Gasteiger partial charge is 0.339 e. The van der Waals surface area contributed by atoms with Crippen LogP contribution in [-0.4, -0.2) is 22.4 Å². The van der Waals surface area contributed by atoms with E-state index in [1.54, 1.807) is 7.05 Å². The van der Waals surface area contributed by atoms with Gasteiger partial charge < -0.3 is 4.84 Å². The number of hydrogen-bond donors (Lipinski definition) is 0. The van der Waals surface area contributed by atoms with Crippen molar-refractivity contribution in [2.75, 3.05) is 7.05 Å². The van der Waals surface area contributed by atoms with Crippen LogP contribution in [0.4, 0.5) is 0 Å². The van der Waals surface area contributed by atoms with Gasteiger partial charge in [0.1, 0.15) is 0 Å². The molecule has 108 valence electrons. The molecule has 0 N–H and O–H groups in total. The Balaban J connectivity index is 1.82. The topological polar surface area (TPSA) is 29.5 Å².